The minimum Gasteiger partial charge on any atom is -0.475 e. The zero-order valence-electron chi connectivity index (χ0n) is 13.3. The Bertz CT molecular complexity index is 505. The molecule has 0 spiro atoms. The van der Waals surface area contributed by atoms with Gasteiger partial charge in [-0.05, 0) is 37.3 Å². The van der Waals surface area contributed by atoms with E-state index in [1.165, 1.54) is 5.56 Å². The van der Waals surface area contributed by atoms with Crippen LogP contribution >= 0.6 is 0 Å². The molecule has 2 rings (SSSR count). The Morgan fingerprint density at radius 1 is 1.41 bits per heavy atom. The molecular formula is C17H26N2O3. The summed E-state index contributed by atoms with van der Waals surface area (Å²) in [6.45, 7) is 3.21. The van der Waals surface area contributed by atoms with Gasteiger partial charge in [0.25, 0.3) is 0 Å². The van der Waals surface area contributed by atoms with E-state index in [-0.39, 0.29) is 18.7 Å². The van der Waals surface area contributed by atoms with Crippen LogP contribution in [0, 0.1) is 0 Å². The number of carbonyl (C=O) groups is 1. The fourth-order valence-corrected chi connectivity index (χ4v) is 2.81. The Kier molecular flexibility index (Phi) is 6.21. The van der Waals surface area contributed by atoms with Crippen LogP contribution in [-0.4, -0.2) is 35.3 Å². The summed E-state index contributed by atoms with van der Waals surface area (Å²) in [6.07, 6.45) is 4.00. The molecule has 22 heavy (non-hydrogen) atoms. The number of unbranched alkanes of at least 4 members (excludes halogenated alkanes) is 2. The van der Waals surface area contributed by atoms with E-state index in [9.17, 15) is 4.79 Å². The van der Waals surface area contributed by atoms with E-state index in [1.807, 2.05) is 23.1 Å². The monoisotopic (exact) mass is 306 g/mol. The molecule has 3 N–H and O–H groups in total. The van der Waals surface area contributed by atoms with Crippen molar-refractivity contribution >= 4 is 5.91 Å². The fraction of sp³-hybridized carbons (Fsp3) is 0.588. The number of hydrogen-bond acceptors (Lipinski definition) is 4. The van der Waals surface area contributed by atoms with Gasteiger partial charge < -0.3 is 14.7 Å². The molecule has 0 bridgehead atoms. The summed E-state index contributed by atoms with van der Waals surface area (Å²) in [5.74, 6) is 0.952. The van der Waals surface area contributed by atoms with Crippen molar-refractivity contribution in [2.75, 3.05) is 13.2 Å². The predicted octanol–water partition coefficient (Wildman–Crippen LogP) is 1.81. The van der Waals surface area contributed by atoms with Gasteiger partial charge in [0.15, 0.2) is 0 Å². The highest BCUT2D eigenvalue weighted by Gasteiger charge is 2.21. The van der Waals surface area contributed by atoms with Crippen LogP contribution in [-0.2, 0) is 17.8 Å². The van der Waals surface area contributed by atoms with Gasteiger partial charge in [0.05, 0.1) is 0 Å². The Labute approximate surface area is 132 Å². The first-order valence-electron chi connectivity index (χ1n) is 8.01. The molecule has 1 aromatic carbocycles. The maximum Gasteiger partial charge on any atom is 0.219 e. The first-order valence-corrected chi connectivity index (χ1v) is 8.01. The number of carbonyl (C=O) groups excluding carboxylic acids is 1. The molecule has 1 aliphatic rings. The highest BCUT2D eigenvalue weighted by atomic mass is 16.5. The van der Waals surface area contributed by atoms with Crippen LogP contribution in [0.15, 0.2) is 18.2 Å². The molecule has 1 atom stereocenters. The van der Waals surface area contributed by atoms with Gasteiger partial charge in [0.2, 0.25) is 5.91 Å². The average Bonchev–Trinajstić information content (AvgIpc) is 2.51. The van der Waals surface area contributed by atoms with E-state index in [4.69, 9.17) is 15.6 Å². The predicted molar refractivity (Wildman–Crippen MR) is 85.4 cm³/mol. The van der Waals surface area contributed by atoms with Crippen LogP contribution in [0.5, 0.6) is 5.75 Å². The lowest BCUT2D eigenvalue weighted by Crippen LogP contribution is -2.35. The Hall–Kier alpha value is -1.59. The largest absolute Gasteiger partial charge is 0.475 e. The van der Waals surface area contributed by atoms with Gasteiger partial charge in [0.1, 0.15) is 12.0 Å². The molecule has 0 aliphatic carbocycles. The van der Waals surface area contributed by atoms with Crippen LogP contribution in [0.2, 0.25) is 0 Å². The van der Waals surface area contributed by atoms with Crippen molar-refractivity contribution in [1.82, 2.24) is 4.90 Å². The first-order chi connectivity index (χ1) is 10.6. The normalized spacial score (nSPS) is 15.3. The second kappa shape index (κ2) is 8.15. The highest BCUT2D eigenvalue weighted by Crippen LogP contribution is 2.28. The number of ether oxygens (including phenoxy) is 1. The molecule has 1 aliphatic heterocycles. The lowest BCUT2D eigenvalue weighted by atomic mass is 9.98. The van der Waals surface area contributed by atoms with Gasteiger partial charge in [-0.3, -0.25) is 10.5 Å². The van der Waals surface area contributed by atoms with Gasteiger partial charge in [0, 0.05) is 32.2 Å². The van der Waals surface area contributed by atoms with Crippen molar-refractivity contribution in [1.29, 1.82) is 0 Å². The molecule has 0 aromatic heterocycles. The Morgan fingerprint density at radius 2 is 2.23 bits per heavy atom. The van der Waals surface area contributed by atoms with Crippen molar-refractivity contribution in [2.45, 2.75) is 51.8 Å². The van der Waals surface area contributed by atoms with E-state index in [0.29, 0.717) is 6.54 Å². The lowest BCUT2D eigenvalue weighted by Gasteiger charge is -2.29. The smallest absolute Gasteiger partial charge is 0.219 e. The first kappa shape index (κ1) is 16.8. The number of fused-ring (bicyclic) bond motifs is 1. The number of aliphatic hydroxyl groups is 1. The lowest BCUT2D eigenvalue weighted by molar-refractivity contribution is -0.129. The summed E-state index contributed by atoms with van der Waals surface area (Å²) in [4.78, 5) is 13.3. The highest BCUT2D eigenvalue weighted by molar-refractivity contribution is 5.73. The number of aliphatic hydroxyl groups excluding tert-OH is 1. The topological polar surface area (TPSA) is 75.8 Å². The summed E-state index contributed by atoms with van der Waals surface area (Å²) >= 11 is 0. The maximum atomic E-state index is 11.5. The fourth-order valence-electron chi connectivity index (χ4n) is 2.81. The third-order valence-electron chi connectivity index (χ3n) is 4.09. The van der Waals surface area contributed by atoms with Crippen molar-refractivity contribution < 1.29 is 14.6 Å². The molecule has 1 amide bonds. The van der Waals surface area contributed by atoms with E-state index in [0.717, 1.165) is 50.0 Å². The summed E-state index contributed by atoms with van der Waals surface area (Å²) < 4.78 is 5.90. The van der Waals surface area contributed by atoms with Gasteiger partial charge >= 0.3 is 0 Å². The molecule has 1 aromatic rings. The van der Waals surface area contributed by atoms with Crippen LogP contribution < -0.4 is 10.5 Å². The van der Waals surface area contributed by atoms with E-state index >= 15 is 0 Å². The second-order valence-electron chi connectivity index (χ2n) is 5.81. The molecule has 0 fully saturated rings. The third kappa shape index (κ3) is 4.45. The van der Waals surface area contributed by atoms with Crippen LogP contribution in [0.1, 0.15) is 43.7 Å². The number of hydrogen-bond donors (Lipinski definition) is 2. The van der Waals surface area contributed by atoms with Crippen molar-refractivity contribution in [3.05, 3.63) is 29.3 Å². The van der Waals surface area contributed by atoms with E-state index in [2.05, 4.69) is 0 Å². The molecular weight excluding hydrogens is 280 g/mol. The third-order valence-corrected chi connectivity index (χ3v) is 4.09. The zero-order valence-corrected chi connectivity index (χ0v) is 13.3. The summed E-state index contributed by atoms with van der Waals surface area (Å²) in [5, 5.41) is 8.77. The standard InChI is InChI=1S/C17H26N2O3/c1-13(21)19-10-9-15-14(12-19)6-5-7-16(15)22-17(18)8-3-2-4-11-20/h5-7,17,20H,2-4,8-12,18H2,1H3. The molecule has 0 radical (unpaired) electrons. The number of benzene rings is 1. The van der Waals surface area contributed by atoms with Crippen molar-refractivity contribution in [2.24, 2.45) is 5.73 Å². The van der Waals surface area contributed by atoms with Crippen LogP contribution in [0.3, 0.4) is 0 Å². The zero-order chi connectivity index (χ0) is 15.9. The van der Waals surface area contributed by atoms with Crippen LogP contribution in [0.4, 0.5) is 0 Å². The van der Waals surface area contributed by atoms with Crippen LogP contribution in [0.25, 0.3) is 0 Å². The summed E-state index contributed by atoms with van der Waals surface area (Å²) in [5.41, 5.74) is 8.36. The average molecular weight is 306 g/mol. The summed E-state index contributed by atoms with van der Waals surface area (Å²) in [7, 11) is 0. The number of rotatable bonds is 7. The van der Waals surface area contributed by atoms with E-state index in [1.54, 1.807) is 6.92 Å². The number of nitrogens with zero attached hydrogens (tertiary/aromatic N) is 1. The van der Waals surface area contributed by atoms with Crippen molar-refractivity contribution in [3.8, 4) is 5.75 Å². The number of amides is 1. The van der Waals surface area contributed by atoms with E-state index < -0.39 is 0 Å². The summed E-state index contributed by atoms with van der Waals surface area (Å²) in [6, 6.07) is 5.95. The quantitative estimate of drug-likeness (QED) is 0.595. The maximum absolute atomic E-state index is 11.5. The molecule has 5 heteroatoms. The molecule has 0 saturated heterocycles. The molecule has 122 valence electrons. The molecule has 1 unspecified atom stereocenters. The minimum atomic E-state index is -0.323. The van der Waals surface area contributed by atoms with Crippen molar-refractivity contribution in [3.63, 3.8) is 0 Å². The van der Waals surface area contributed by atoms with Gasteiger partial charge in [-0.1, -0.05) is 18.6 Å². The molecule has 1 heterocycles. The SMILES string of the molecule is CC(=O)N1CCc2c(cccc2OC(N)CCCCCO)C1. The van der Waals surface area contributed by atoms with Gasteiger partial charge in [-0.25, -0.2) is 0 Å². The number of nitrogens with two attached hydrogens (primary N) is 1. The Morgan fingerprint density at radius 3 is 2.95 bits per heavy atom. The Balaban J connectivity index is 1.95. The molecule has 0 saturated carbocycles. The molecule has 5 nitrogen and oxygen atoms in total. The van der Waals surface area contributed by atoms with Gasteiger partial charge in [-0.2, -0.15) is 0 Å². The second-order valence-corrected chi connectivity index (χ2v) is 5.81. The minimum absolute atomic E-state index is 0.109. The van der Waals surface area contributed by atoms with Gasteiger partial charge in [-0.15, -0.1) is 0 Å².